The third-order valence-corrected chi connectivity index (χ3v) is 1.96. The Hall–Kier alpha value is -0.795. The summed E-state index contributed by atoms with van der Waals surface area (Å²) in [6.07, 6.45) is 0. The Kier molecular flexibility index (Phi) is 3.52. The summed E-state index contributed by atoms with van der Waals surface area (Å²) >= 11 is 0. The molecule has 1 aromatic carbocycles. The molecule has 1 aromatic rings. The molecule has 0 aliphatic carbocycles. The second-order valence-corrected chi connectivity index (χ2v) is 2.87. The third kappa shape index (κ3) is 2.11. The van der Waals surface area contributed by atoms with Crippen LogP contribution >= 0.6 is 0 Å². The van der Waals surface area contributed by atoms with E-state index in [2.05, 4.69) is 0 Å². The lowest BCUT2D eigenvalue weighted by Gasteiger charge is -1.97. The fraction of sp³-hybridized carbons (Fsp3) is 0.400. The molecule has 1 aliphatic heterocycles. The number of hydrogen-bond acceptors (Lipinski definition) is 2. The van der Waals surface area contributed by atoms with Crippen LogP contribution in [0.3, 0.4) is 0 Å². The Bertz CT molecular complexity index is 286. The number of hydrogen-bond donors (Lipinski definition) is 1. The standard InChI is InChI=1S/C8H9BO2.C2H6/c1-6-2-3-8-7(4-6)5-11-9(8)10;1-2/h2-4,10H,5H2,1H3;1-2H3. The lowest BCUT2D eigenvalue weighted by atomic mass is 9.79. The molecule has 3 heteroatoms. The predicted octanol–water partition coefficient (Wildman–Crippen LogP) is 1.24. The van der Waals surface area contributed by atoms with Crippen LogP contribution in [0.15, 0.2) is 18.2 Å². The van der Waals surface area contributed by atoms with Crippen LogP contribution in [-0.4, -0.2) is 12.1 Å². The van der Waals surface area contributed by atoms with Gasteiger partial charge in [-0.3, -0.25) is 0 Å². The molecule has 2 rings (SSSR count). The van der Waals surface area contributed by atoms with Gasteiger partial charge in [-0.05, 0) is 17.9 Å². The van der Waals surface area contributed by atoms with Gasteiger partial charge in [-0.1, -0.05) is 37.6 Å². The quantitative estimate of drug-likeness (QED) is 0.605. The first-order valence-corrected chi connectivity index (χ1v) is 4.66. The van der Waals surface area contributed by atoms with Gasteiger partial charge in [0.1, 0.15) is 0 Å². The maximum absolute atomic E-state index is 9.25. The largest absolute Gasteiger partial charge is 0.491 e. The zero-order valence-electron chi connectivity index (χ0n) is 8.37. The lowest BCUT2D eigenvalue weighted by Crippen LogP contribution is -2.27. The molecule has 0 radical (unpaired) electrons. The van der Waals surface area contributed by atoms with Crippen molar-refractivity contribution in [1.29, 1.82) is 0 Å². The van der Waals surface area contributed by atoms with Crippen molar-refractivity contribution in [2.24, 2.45) is 0 Å². The Morgan fingerprint density at radius 3 is 2.77 bits per heavy atom. The molecule has 0 spiro atoms. The molecule has 70 valence electrons. The highest BCUT2D eigenvalue weighted by molar-refractivity contribution is 6.61. The summed E-state index contributed by atoms with van der Waals surface area (Å²) in [6.45, 7) is 6.57. The van der Waals surface area contributed by atoms with Crippen LogP contribution in [0.4, 0.5) is 0 Å². The minimum absolute atomic E-state index is 0.540. The van der Waals surface area contributed by atoms with E-state index in [4.69, 9.17) is 4.65 Å². The third-order valence-electron chi connectivity index (χ3n) is 1.96. The van der Waals surface area contributed by atoms with Crippen molar-refractivity contribution in [3.8, 4) is 0 Å². The van der Waals surface area contributed by atoms with Gasteiger partial charge in [0.15, 0.2) is 0 Å². The topological polar surface area (TPSA) is 29.5 Å². The van der Waals surface area contributed by atoms with Gasteiger partial charge < -0.3 is 9.68 Å². The molecule has 0 fully saturated rings. The SMILES string of the molecule is CC.Cc1ccc2c(c1)COB2O. The first kappa shape index (κ1) is 10.3. The first-order chi connectivity index (χ1) is 6.27. The number of fused-ring (bicyclic) bond motifs is 1. The molecule has 0 atom stereocenters. The molecule has 0 unspecified atom stereocenters. The summed E-state index contributed by atoms with van der Waals surface area (Å²) in [5.74, 6) is 0. The highest BCUT2D eigenvalue weighted by atomic mass is 16.5. The van der Waals surface area contributed by atoms with E-state index in [0.29, 0.717) is 6.61 Å². The van der Waals surface area contributed by atoms with Crippen molar-refractivity contribution in [2.45, 2.75) is 27.4 Å². The van der Waals surface area contributed by atoms with Crippen LogP contribution in [0.2, 0.25) is 0 Å². The van der Waals surface area contributed by atoms with Crippen molar-refractivity contribution in [2.75, 3.05) is 0 Å². The van der Waals surface area contributed by atoms with Gasteiger partial charge in [0, 0.05) is 0 Å². The minimum Gasteiger partial charge on any atom is -0.423 e. The summed E-state index contributed by atoms with van der Waals surface area (Å²) in [7, 11) is -0.703. The van der Waals surface area contributed by atoms with E-state index in [1.807, 2.05) is 39.0 Å². The predicted molar refractivity (Wildman–Crippen MR) is 54.9 cm³/mol. The molecule has 0 aromatic heterocycles. The molecule has 1 aliphatic rings. The molecule has 1 heterocycles. The average Bonchev–Trinajstić information content (AvgIpc) is 2.51. The van der Waals surface area contributed by atoms with Crippen molar-refractivity contribution < 1.29 is 9.68 Å². The Balaban J connectivity index is 0.000000396. The van der Waals surface area contributed by atoms with Crippen molar-refractivity contribution >= 4 is 12.6 Å². The normalized spacial score (nSPS) is 13.4. The van der Waals surface area contributed by atoms with Crippen LogP contribution in [0.1, 0.15) is 25.0 Å². The molecular formula is C10H15BO2. The van der Waals surface area contributed by atoms with Crippen molar-refractivity contribution in [1.82, 2.24) is 0 Å². The summed E-state index contributed by atoms with van der Waals surface area (Å²) in [4.78, 5) is 0. The van der Waals surface area contributed by atoms with Gasteiger partial charge in [-0.15, -0.1) is 0 Å². The number of benzene rings is 1. The summed E-state index contributed by atoms with van der Waals surface area (Å²) in [5.41, 5.74) is 3.23. The molecule has 0 bridgehead atoms. The van der Waals surface area contributed by atoms with Gasteiger partial charge in [0.05, 0.1) is 6.61 Å². The highest BCUT2D eigenvalue weighted by Gasteiger charge is 2.26. The van der Waals surface area contributed by atoms with Gasteiger partial charge in [0.25, 0.3) is 0 Å². The van der Waals surface area contributed by atoms with Gasteiger partial charge in [-0.25, -0.2) is 0 Å². The van der Waals surface area contributed by atoms with Crippen molar-refractivity contribution in [3.05, 3.63) is 29.3 Å². The first-order valence-electron chi connectivity index (χ1n) is 4.66. The van der Waals surface area contributed by atoms with E-state index in [0.717, 1.165) is 11.0 Å². The maximum atomic E-state index is 9.25. The van der Waals surface area contributed by atoms with Crippen LogP contribution in [0.5, 0.6) is 0 Å². The zero-order valence-corrected chi connectivity index (χ0v) is 8.37. The molecule has 0 amide bonds. The molecule has 2 nitrogen and oxygen atoms in total. The molecule has 13 heavy (non-hydrogen) atoms. The summed E-state index contributed by atoms with van der Waals surface area (Å²) in [5, 5.41) is 9.25. The zero-order chi connectivity index (χ0) is 9.84. The minimum atomic E-state index is -0.703. The van der Waals surface area contributed by atoms with E-state index < -0.39 is 7.12 Å². The van der Waals surface area contributed by atoms with E-state index in [9.17, 15) is 5.02 Å². The monoisotopic (exact) mass is 178 g/mol. The Labute approximate surface area is 79.7 Å². The Morgan fingerprint density at radius 1 is 1.38 bits per heavy atom. The van der Waals surface area contributed by atoms with Crippen LogP contribution in [-0.2, 0) is 11.3 Å². The van der Waals surface area contributed by atoms with Gasteiger partial charge >= 0.3 is 7.12 Å². The molecule has 1 N–H and O–H groups in total. The summed E-state index contributed by atoms with van der Waals surface area (Å²) in [6, 6.07) is 5.95. The van der Waals surface area contributed by atoms with Gasteiger partial charge in [-0.2, -0.15) is 0 Å². The second kappa shape index (κ2) is 4.44. The van der Waals surface area contributed by atoms with E-state index >= 15 is 0 Å². The van der Waals surface area contributed by atoms with Crippen LogP contribution < -0.4 is 5.46 Å². The molecular weight excluding hydrogens is 163 g/mol. The highest BCUT2D eigenvalue weighted by Crippen LogP contribution is 2.10. The van der Waals surface area contributed by atoms with Crippen LogP contribution in [0, 0.1) is 6.92 Å². The van der Waals surface area contributed by atoms with E-state index in [-0.39, 0.29) is 0 Å². The number of rotatable bonds is 0. The van der Waals surface area contributed by atoms with Crippen LogP contribution in [0.25, 0.3) is 0 Å². The average molecular weight is 178 g/mol. The lowest BCUT2D eigenvalue weighted by molar-refractivity contribution is 0.275. The van der Waals surface area contributed by atoms with Crippen molar-refractivity contribution in [3.63, 3.8) is 0 Å². The molecule has 0 saturated carbocycles. The van der Waals surface area contributed by atoms with Gasteiger partial charge in [0.2, 0.25) is 0 Å². The smallest absolute Gasteiger partial charge is 0.423 e. The Morgan fingerprint density at radius 2 is 2.08 bits per heavy atom. The fourth-order valence-electron chi connectivity index (χ4n) is 1.36. The van der Waals surface area contributed by atoms with E-state index in [1.54, 1.807) is 0 Å². The number of aryl methyl sites for hydroxylation is 1. The second-order valence-electron chi connectivity index (χ2n) is 2.87. The molecule has 0 saturated heterocycles. The maximum Gasteiger partial charge on any atom is 0.491 e. The fourth-order valence-corrected chi connectivity index (χ4v) is 1.36. The summed E-state index contributed by atoms with van der Waals surface area (Å²) < 4.78 is 5.03. The van der Waals surface area contributed by atoms with E-state index in [1.165, 1.54) is 5.56 Å².